The van der Waals surface area contributed by atoms with Crippen molar-refractivity contribution in [1.82, 2.24) is 5.32 Å². The van der Waals surface area contributed by atoms with Gasteiger partial charge in [0, 0.05) is 6.42 Å². The Bertz CT molecular complexity index is 237. The minimum absolute atomic E-state index is 0.126. The maximum Gasteiger partial charge on any atom is 0.328 e. The summed E-state index contributed by atoms with van der Waals surface area (Å²) in [5, 5.41) is 2.25. The molecule has 1 N–H and O–H groups in total. The van der Waals surface area contributed by atoms with Crippen molar-refractivity contribution in [2.24, 2.45) is 0 Å². The van der Waals surface area contributed by atoms with Gasteiger partial charge in [-0.2, -0.15) is 0 Å². The molecular formula is C9H15NO4. The molecular weight excluding hydrogens is 186 g/mol. The van der Waals surface area contributed by atoms with Crippen LogP contribution in [0.3, 0.4) is 0 Å². The molecule has 0 aromatic carbocycles. The largest absolute Gasteiger partial charge is 0.464 e. The zero-order valence-corrected chi connectivity index (χ0v) is 8.62. The lowest BCUT2D eigenvalue weighted by Crippen LogP contribution is -2.42. The lowest BCUT2D eigenvalue weighted by Gasteiger charge is -2.11. The van der Waals surface area contributed by atoms with E-state index in [-0.39, 0.29) is 13.0 Å². The molecule has 0 aromatic rings. The molecule has 0 bridgehead atoms. The van der Waals surface area contributed by atoms with Crippen molar-refractivity contribution in [2.75, 3.05) is 6.61 Å². The third kappa shape index (κ3) is 4.02. The number of hydrogen-bond acceptors (Lipinski definition) is 4. The highest BCUT2D eigenvalue weighted by atomic mass is 16.5. The minimum Gasteiger partial charge on any atom is -0.464 e. The van der Waals surface area contributed by atoms with Gasteiger partial charge in [-0.3, -0.25) is 9.59 Å². The van der Waals surface area contributed by atoms with Crippen molar-refractivity contribution >= 4 is 17.7 Å². The first-order chi connectivity index (χ1) is 6.52. The van der Waals surface area contributed by atoms with Crippen LogP contribution in [0, 0.1) is 0 Å². The predicted octanol–water partition coefficient (Wildman–Crippen LogP) is 0.0333. The van der Waals surface area contributed by atoms with E-state index in [1.807, 2.05) is 0 Å². The van der Waals surface area contributed by atoms with Gasteiger partial charge in [-0.25, -0.2) is 4.79 Å². The van der Waals surface area contributed by atoms with Crippen LogP contribution in [-0.4, -0.2) is 30.3 Å². The number of amides is 1. The summed E-state index contributed by atoms with van der Waals surface area (Å²) >= 11 is 0. The van der Waals surface area contributed by atoms with Crippen molar-refractivity contribution in [3.8, 4) is 0 Å². The van der Waals surface area contributed by atoms with Crippen LogP contribution in [-0.2, 0) is 19.1 Å². The van der Waals surface area contributed by atoms with Gasteiger partial charge < -0.3 is 10.1 Å². The van der Waals surface area contributed by atoms with Crippen molar-refractivity contribution in [2.45, 2.75) is 33.2 Å². The van der Waals surface area contributed by atoms with Crippen LogP contribution < -0.4 is 5.32 Å². The Balaban J connectivity index is 4.05. The Kier molecular flexibility index (Phi) is 5.52. The van der Waals surface area contributed by atoms with Gasteiger partial charge in [-0.05, 0) is 13.8 Å². The smallest absolute Gasteiger partial charge is 0.328 e. The van der Waals surface area contributed by atoms with E-state index >= 15 is 0 Å². The molecule has 0 fully saturated rings. The molecule has 0 radical (unpaired) electrons. The third-order valence-electron chi connectivity index (χ3n) is 1.56. The van der Waals surface area contributed by atoms with Gasteiger partial charge in [-0.1, -0.05) is 6.92 Å². The second-order valence-corrected chi connectivity index (χ2v) is 2.72. The molecule has 5 heteroatoms. The summed E-state index contributed by atoms with van der Waals surface area (Å²) in [6.07, 6.45) is 0.126. The molecule has 0 saturated carbocycles. The van der Waals surface area contributed by atoms with Crippen LogP contribution in [0.1, 0.15) is 27.2 Å². The van der Waals surface area contributed by atoms with E-state index in [0.717, 1.165) is 0 Å². The molecule has 14 heavy (non-hydrogen) atoms. The molecule has 0 aliphatic rings. The molecule has 1 atom stereocenters. The number of Topliss-reactive ketones (excluding diaryl/α,β-unsaturated/α-hetero) is 1. The zero-order chi connectivity index (χ0) is 11.1. The number of ketones is 1. The van der Waals surface area contributed by atoms with Gasteiger partial charge in [0.25, 0.3) is 5.91 Å². The molecule has 0 saturated heterocycles. The van der Waals surface area contributed by atoms with Crippen LogP contribution in [0.5, 0.6) is 0 Å². The first-order valence-corrected chi connectivity index (χ1v) is 4.53. The summed E-state index contributed by atoms with van der Waals surface area (Å²) in [5.41, 5.74) is 0. The Hall–Kier alpha value is -1.39. The molecule has 0 unspecified atom stereocenters. The number of carbonyl (C=O) groups excluding carboxylic acids is 3. The number of ether oxygens (including phenoxy) is 1. The molecule has 1 amide bonds. The van der Waals surface area contributed by atoms with Gasteiger partial charge in [-0.15, -0.1) is 0 Å². The van der Waals surface area contributed by atoms with E-state index in [1.165, 1.54) is 6.92 Å². The van der Waals surface area contributed by atoms with Crippen LogP contribution >= 0.6 is 0 Å². The quantitative estimate of drug-likeness (QED) is 0.503. The van der Waals surface area contributed by atoms with Crippen LogP contribution in [0.15, 0.2) is 0 Å². The summed E-state index contributed by atoms with van der Waals surface area (Å²) in [6, 6.07) is -0.780. The second-order valence-electron chi connectivity index (χ2n) is 2.72. The Morgan fingerprint density at radius 1 is 1.29 bits per heavy atom. The highest BCUT2D eigenvalue weighted by molar-refractivity contribution is 6.36. The Labute approximate surface area is 82.8 Å². The number of nitrogens with one attached hydrogen (secondary N) is 1. The van der Waals surface area contributed by atoms with Crippen LogP contribution in [0.25, 0.3) is 0 Å². The van der Waals surface area contributed by atoms with E-state index in [2.05, 4.69) is 10.1 Å². The topological polar surface area (TPSA) is 72.5 Å². The summed E-state index contributed by atoms with van der Waals surface area (Å²) in [6.45, 7) is 4.97. The monoisotopic (exact) mass is 201 g/mol. The fourth-order valence-electron chi connectivity index (χ4n) is 0.764. The van der Waals surface area contributed by atoms with Gasteiger partial charge in [0.05, 0.1) is 6.61 Å². The standard InChI is InChI=1S/C9H15NO4/c1-4-7(11)8(12)10-6(3)9(13)14-5-2/h6H,4-5H2,1-3H3,(H,10,12)/t6-/m0/s1. The summed E-state index contributed by atoms with van der Waals surface area (Å²) in [7, 11) is 0. The highest BCUT2D eigenvalue weighted by Gasteiger charge is 2.19. The molecule has 5 nitrogen and oxygen atoms in total. The van der Waals surface area contributed by atoms with Crippen LogP contribution in [0.4, 0.5) is 0 Å². The van der Waals surface area contributed by atoms with Gasteiger partial charge in [0.2, 0.25) is 5.78 Å². The SMILES string of the molecule is CCOC(=O)[C@H](C)NC(=O)C(=O)CC. The second kappa shape index (κ2) is 6.12. The fourth-order valence-corrected chi connectivity index (χ4v) is 0.764. The maximum atomic E-state index is 11.0. The molecule has 0 rings (SSSR count). The predicted molar refractivity (Wildman–Crippen MR) is 49.5 cm³/mol. The van der Waals surface area contributed by atoms with E-state index < -0.39 is 23.7 Å². The van der Waals surface area contributed by atoms with E-state index in [0.29, 0.717) is 0 Å². The Morgan fingerprint density at radius 2 is 1.86 bits per heavy atom. The number of carbonyl (C=O) groups is 3. The Morgan fingerprint density at radius 3 is 2.29 bits per heavy atom. The summed E-state index contributed by atoms with van der Waals surface area (Å²) in [4.78, 5) is 32.9. The summed E-state index contributed by atoms with van der Waals surface area (Å²) in [5.74, 6) is -1.82. The molecule has 0 spiro atoms. The lowest BCUT2D eigenvalue weighted by atomic mass is 10.2. The van der Waals surface area contributed by atoms with Crippen LogP contribution in [0.2, 0.25) is 0 Å². The van der Waals surface area contributed by atoms with Gasteiger partial charge >= 0.3 is 5.97 Å². The van der Waals surface area contributed by atoms with E-state index in [1.54, 1.807) is 13.8 Å². The normalized spacial score (nSPS) is 11.6. The summed E-state index contributed by atoms with van der Waals surface area (Å²) < 4.78 is 4.65. The average molecular weight is 201 g/mol. The maximum absolute atomic E-state index is 11.0. The minimum atomic E-state index is -0.780. The van der Waals surface area contributed by atoms with Crippen molar-refractivity contribution in [1.29, 1.82) is 0 Å². The third-order valence-corrected chi connectivity index (χ3v) is 1.56. The highest BCUT2D eigenvalue weighted by Crippen LogP contribution is 1.89. The van der Waals surface area contributed by atoms with Gasteiger partial charge in [0.15, 0.2) is 0 Å². The average Bonchev–Trinajstić information content (AvgIpc) is 2.16. The molecule has 80 valence electrons. The first-order valence-electron chi connectivity index (χ1n) is 4.53. The lowest BCUT2D eigenvalue weighted by molar-refractivity contribution is -0.147. The number of hydrogen-bond donors (Lipinski definition) is 1. The molecule has 0 heterocycles. The van der Waals surface area contributed by atoms with Crippen molar-refractivity contribution in [3.63, 3.8) is 0 Å². The molecule has 0 aliphatic heterocycles. The van der Waals surface area contributed by atoms with E-state index in [4.69, 9.17) is 0 Å². The molecule has 0 aliphatic carbocycles. The number of rotatable bonds is 5. The fraction of sp³-hybridized carbons (Fsp3) is 0.667. The number of esters is 1. The van der Waals surface area contributed by atoms with E-state index in [9.17, 15) is 14.4 Å². The van der Waals surface area contributed by atoms with Gasteiger partial charge in [0.1, 0.15) is 6.04 Å². The van der Waals surface area contributed by atoms with Crippen molar-refractivity contribution < 1.29 is 19.1 Å². The zero-order valence-electron chi connectivity index (χ0n) is 8.62. The van der Waals surface area contributed by atoms with Crippen molar-refractivity contribution in [3.05, 3.63) is 0 Å². The molecule has 0 aromatic heterocycles. The first kappa shape index (κ1) is 12.6.